The fourth-order valence-corrected chi connectivity index (χ4v) is 3.09. The van der Waals surface area contributed by atoms with Crippen molar-refractivity contribution in [2.24, 2.45) is 5.92 Å². The summed E-state index contributed by atoms with van der Waals surface area (Å²) in [6.45, 7) is 7.84. The average Bonchev–Trinajstić information content (AvgIpc) is 2.46. The highest BCUT2D eigenvalue weighted by atomic mass is 16.5. The molecule has 1 saturated carbocycles. The molecule has 2 rings (SSSR count). The molecule has 0 aromatic heterocycles. The van der Waals surface area contributed by atoms with E-state index in [0.717, 1.165) is 31.6 Å². The highest BCUT2D eigenvalue weighted by Crippen LogP contribution is 2.31. The Hall–Kier alpha value is -1.32. The standard InChI is InChI=1S/C18H27NO2/c1-3-11-21-17-8-6-16(7-9-17)13-19-14-18(20)10-4-5-15(2)12-18/h3,6-9,15,19-20H,1,4-5,10-14H2,2H3. The molecule has 0 spiro atoms. The van der Waals surface area contributed by atoms with Crippen LogP contribution in [0.5, 0.6) is 5.75 Å². The fraction of sp³-hybridized carbons (Fsp3) is 0.556. The zero-order valence-electron chi connectivity index (χ0n) is 13.0. The van der Waals surface area contributed by atoms with Crippen LogP contribution in [0.15, 0.2) is 36.9 Å². The minimum Gasteiger partial charge on any atom is -0.490 e. The zero-order valence-corrected chi connectivity index (χ0v) is 13.0. The van der Waals surface area contributed by atoms with Crippen molar-refractivity contribution in [3.63, 3.8) is 0 Å². The second kappa shape index (κ2) is 7.62. The zero-order chi connectivity index (χ0) is 15.1. The van der Waals surface area contributed by atoms with Gasteiger partial charge in [0, 0.05) is 13.1 Å². The van der Waals surface area contributed by atoms with E-state index >= 15 is 0 Å². The number of rotatable bonds is 7. The number of benzene rings is 1. The quantitative estimate of drug-likeness (QED) is 0.757. The molecule has 3 heteroatoms. The van der Waals surface area contributed by atoms with Gasteiger partial charge in [-0.15, -0.1) is 0 Å². The molecule has 0 bridgehead atoms. The molecule has 0 aliphatic heterocycles. The number of ether oxygens (including phenoxy) is 1. The predicted molar refractivity (Wildman–Crippen MR) is 86.4 cm³/mol. The first-order valence-corrected chi connectivity index (χ1v) is 7.87. The summed E-state index contributed by atoms with van der Waals surface area (Å²) in [5.74, 6) is 1.49. The van der Waals surface area contributed by atoms with Crippen LogP contribution in [0.4, 0.5) is 0 Å². The molecular formula is C18H27NO2. The summed E-state index contributed by atoms with van der Waals surface area (Å²) in [7, 11) is 0. The monoisotopic (exact) mass is 289 g/mol. The lowest BCUT2D eigenvalue weighted by Gasteiger charge is -2.35. The molecule has 1 aliphatic carbocycles. The lowest BCUT2D eigenvalue weighted by atomic mass is 9.79. The van der Waals surface area contributed by atoms with Crippen LogP contribution in [-0.4, -0.2) is 23.9 Å². The summed E-state index contributed by atoms with van der Waals surface area (Å²) in [4.78, 5) is 0. The number of aliphatic hydroxyl groups is 1. The van der Waals surface area contributed by atoms with Gasteiger partial charge in [-0.1, -0.05) is 44.6 Å². The highest BCUT2D eigenvalue weighted by Gasteiger charge is 2.31. The van der Waals surface area contributed by atoms with Crippen LogP contribution in [-0.2, 0) is 6.54 Å². The van der Waals surface area contributed by atoms with E-state index in [-0.39, 0.29) is 0 Å². The summed E-state index contributed by atoms with van der Waals surface area (Å²) in [6, 6.07) is 8.05. The Morgan fingerprint density at radius 1 is 1.43 bits per heavy atom. The van der Waals surface area contributed by atoms with Crippen molar-refractivity contribution >= 4 is 0 Å². The van der Waals surface area contributed by atoms with Gasteiger partial charge >= 0.3 is 0 Å². The first-order valence-electron chi connectivity index (χ1n) is 7.87. The maximum atomic E-state index is 10.6. The Kier molecular flexibility index (Phi) is 5.83. The van der Waals surface area contributed by atoms with Gasteiger partial charge in [0.2, 0.25) is 0 Å². The first kappa shape index (κ1) is 16.1. The summed E-state index contributed by atoms with van der Waals surface area (Å²) < 4.78 is 5.46. The predicted octanol–water partition coefficient (Wildman–Crippen LogP) is 3.28. The Morgan fingerprint density at radius 3 is 2.86 bits per heavy atom. The second-order valence-electron chi connectivity index (χ2n) is 6.27. The molecule has 2 unspecified atom stereocenters. The van der Waals surface area contributed by atoms with E-state index in [0.29, 0.717) is 19.1 Å². The molecule has 0 amide bonds. The Bertz CT molecular complexity index is 443. The van der Waals surface area contributed by atoms with Crippen molar-refractivity contribution in [3.05, 3.63) is 42.5 Å². The number of hydrogen-bond donors (Lipinski definition) is 2. The maximum absolute atomic E-state index is 10.6. The van der Waals surface area contributed by atoms with E-state index in [1.807, 2.05) is 12.1 Å². The van der Waals surface area contributed by atoms with E-state index in [4.69, 9.17) is 4.74 Å². The first-order chi connectivity index (χ1) is 10.1. The van der Waals surface area contributed by atoms with Crippen molar-refractivity contribution in [2.45, 2.75) is 44.8 Å². The SMILES string of the molecule is C=CCOc1ccc(CNCC2(O)CCCC(C)C2)cc1. The van der Waals surface area contributed by atoms with Gasteiger partial charge in [0.15, 0.2) is 0 Å². The summed E-state index contributed by atoms with van der Waals surface area (Å²) in [6.07, 6.45) is 5.94. The largest absolute Gasteiger partial charge is 0.490 e. The Labute approximate surface area is 128 Å². The van der Waals surface area contributed by atoms with Gasteiger partial charge in [-0.05, 0) is 36.5 Å². The van der Waals surface area contributed by atoms with Crippen molar-refractivity contribution in [1.29, 1.82) is 0 Å². The average molecular weight is 289 g/mol. The molecular weight excluding hydrogens is 262 g/mol. The van der Waals surface area contributed by atoms with Crippen LogP contribution in [0.1, 0.15) is 38.2 Å². The fourth-order valence-electron chi connectivity index (χ4n) is 3.09. The molecule has 0 radical (unpaired) electrons. The van der Waals surface area contributed by atoms with Crippen molar-refractivity contribution < 1.29 is 9.84 Å². The Morgan fingerprint density at radius 2 is 2.19 bits per heavy atom. The van der Waals surface area contributed by atoms with Crippen molar-refractivity contribution in [2.75, 3.05) is 13.2 Å². The third kappa shape index (κ3) is 5.18. The molecule has 1 aliphatic rings. The van der Waals surface area contributed by atoms with E-state index in [2.05, 4.69) is 31.0 Å². The van der Waals surface area contributed by atoms with E-state index in [1.54, 1.807) is 6.08 Å². The molecule has 116 valence electrons. The van der Waals surface area contributed by atoms with Crippen LogP contribution in [0, 0.1) is 5.92 Å². The van der Waals surface area contributed by atoms with Gasteiger partial charge in [-0.3, -0.25) is 0 Å². The van der Waals surface area contributed by atoms with Gasteiger partial charge in [0.25, 0.3) is 0 Å². The van der Waals surface area contributed by atoms with E-state index in [9.17, 15) is 5.11 Å². The Balaban J connectivity index is 1.76. The van der Waals surface area contributed by atoms with E-state index in [1.165, 1.54) is 12.0 Å². The third-order valence-electron chi connectivity index (χ3n) is 4.14. The normalized spacial score (nSPS) is 25.5. The van der Waals surface area contributed by atoms with Crippen LogP contribution in [0.25, 0.3) is 0 Å². The number of nitrogens with one attached hydrogen (secondary N) is 1. The molecule has 1 aromatic carbocycles. The molecule has 2 N–H and O–H groups in total. The molecule has 3 nitrogen and oxygen atoms in total. The van der Waals surface area contributed by atoms with Crippen LogP contribution >= 0.6 is 0 Å². The summed E-state index contributed by atoms with van der Waals surface area (Å²) in [5, 5.41) is 14.0. The molecule has 0 saturated heterocycles. The van der Waals surface area contributed by atoms with Crippen LogP contribution in [0.3, 0.4) is 0 Å². The third-order valence-corrected chi connectivity index (χ3v) is 4.14. The minimum atomic E-state index is -0.523. The topological polar surface area (TPSA) is 41.5 Å². The van der Waals surface area contributed by atoms with Gasteiger partial charge < -0.3 is 15.2 Å². The molecule has 0 heterocycles. The molecule has 21 heavy (non-hydrogen) atoms. The summed E-state index contributed by atoms with van der Waals surface area (Å²) in [5.41, 5.74) is 0.679. The van der Waals surface area contributed by atoms with Gasteiger partial charge in [-0.2, -0.15) is 0 Å². The molecule has 2 atom stereocenters. The lowest BCUT2D eigenvalue weighted by Crippen LogP contribution is -2.43. The van der Waals surface area contributed by atoms with Gasteiger partial charge in [-0.25, -0.2) is 0 Å². The van der Waals surface area contributed by atoms with Crippen LogP contribution in [0.2, 0.25) is 0 Å². The minimum absolute atomic E-state index is 0.523. The van der Waals surface area contributed by atoms with E-state index < -0.39 is 5.60 Å². The molecule has 1 aromatic rings. The molecule has 1 fully saturated rings. The van der Waals surface area contributed by atoms with Gasteiger partial charge in [0.1, 0.15) is 12.4 Å². The second-order valence-corrected chi connectivity index (χ2v) is 6.27. The van der Waals surface area contributed by atoms with Crippen molar-refractivity contribution in [1.82, 2.24) is 5.32 Å². The number of hydrogen-bond acceptors (Lipinski definition) is 3. The van der Waals surface area contributed by atoms with Gasteiger partial charge in [0.05, 0.1) is 5.60 Å². The lowest BCUT2D eigenvalue weighted by molar-refractivity contribution is -0.0119. The maximum Gasteiger partial charge on any atom is 0.119 e. The smallest absolute Gasteiger partial charge is 0.119 e. The van der Waals surface area contributed by atoms with Crippen LogP contribution < -0.4 is 10.1 Å². The van der Waals surface area contributed by atoms with Crippen molar-refractivity contribution in [3.8, 4) is 5.75 Å². The highest BCUT2D eigenvalue weighted by molar-refractivity contribution is 5.27. The summed E-state index contributed by atoms with van der Waals surface area (Å²) >= 11 is 0.